The van der Waals surface area contributed by atoms with E-state index in [4.69, 9.17) is 9.47 Å². The van der Waals surface area contributed by atoms with Crippen molar-refractivity contribution < 1.29 is 19.4 Å². The van der Waals surface area contributed by atoms with Gasteiger partial charge in [0, 0.05) is 6.42 Å². The zero-order chi connectivity index (χ0) is 16.2. The lowest BCUT2D eigenvalue weighted by molar-refractivity contribution is -0.123. The van der Waals surface area contributed by atoms with Gasteiger partial charge in [0.1, 0.15) is 30.5 Å². The highest BCUT2D eigenvalue weighted by molar-refractivity contribution is 5.76. The van der Waals surface area contributed by atoms with Crippen LogP contribution in [0.3, 0.4) is 0 Å². The van der Waals surface area contributed by atoms with Crippen LogP contribution in [-0.2, 0) is 14.3 Å². The van der Waals surface area contributed by atoms with Crippen LogP contribution in [-0.4, -0.2) is 47.6 Å². The van der Waals surface area contributed by atoms with E-state index in [0.29, 0.717) is 6.42 Å². The number of carbonyl (C=O) groups excluding carboxylic acids is 1. The number of carbonyl (C=O) groups is 1. The first-order valence-electron chi connectivity index (χ1n) is 9.50. The fraction of sp³-hybridized carbons (Fsp3) is 0.944. The van der Waals surface area contributed by atoms with Crippen LogP contribution in [0.4, 0.5) is 0 Å². The van der Waals surface area contributed by atoms with Crippen molar-refractivity contribution in [3.05, 3.63) is 0 Å². The molecule has 2 aliphatic heterocycles. The highest BCUT2D eigenvalue weighted by Crippen LogP contribution is 2.48. The van der Waals surface area contributed by atoms with Gasteiger partial charge in [0.15, 0.2) is 0 Å². The molecule has 23 heavy (non-hydrogen) atoms. The Morgan fingerprint density at radius 3 is 2.13 bits per heavy atom. The Hall–Kier alpha value is -0.650. The smallest absolute Gasteiger partial charge is 0.220 e. The van der Waals surface area contributed by atoms with Gasteiger partial charge in [-0.3, -0.25) is 4.79 Å². The lowest BCUT2D eigenvalue weighted by Crippen LogP contribution is -2.52. The molecular weight excluding hydrogens is 294 g/mol. The summed E-state index contributed by atoms with van der Waals surface area (Å²) < 4.78 is 10.9. The number of hydrogen-bond donors (Lipinski definition) is 2. The normalized spacial score (nSPS) is 37.0. The monoisotopic (exact) mass is 325 g/mol. The van der Waals surface area contributed by atoms with Gasteiger partial charge in [-0.05, 0) is 6.42 Å². The molecule has 0 unspecified atom stereocenters. The molecule has 2 saturated heterocycles. The summed E-state index contributed by atoms with van der Waals surface area (Å²) in [5.41, 5.74) is 0. The number of nitrogens with one attached hydrogen (secondary N) is 1. The zero-order valence-corrected chi connectivity index (χ0v) is 14.2. The summed E-state index contributed by atoms with van der Waals surface area (Å²) in [5.74, 6) is 0.0327. The van der Waals surface area contributed by atoms with Gasteiger partial charge in [-0.15, -0.1) is 0 Å². The van der Waals surface area contributed by atoms with Crippen LogP contribution < -0.4 is 5.32 Å². The van der Waals surface area contributed by atoms with Crippen LogP contribution in [0.1, 0.15) is 71.1 Å². The number of epoxide rings is 2. The topological polar surface area (TPSA) is 74.4 Å². The molecule has 2 heterocycles. The number of hydrogen-bond acceptors (Lipinski definition) is 4. The Bertz CT molecular complexity index is 402. The molecule has 3 fully saturated rings. The van der Waals surface area contributed by atoms with Crippen LogP contribution in [0.5, 0.6) is 0 Å². The van der Waals surface area contributed by atoms with Gasteiger partial charge in [-0.1, -0.05) is 58.3 Å². The second-order valence-electron chi connectivity index (χ2n) is 7.29. The molecule has 3 aliphatic rings. The first-order chi connectivity index (χ1) is 11.2. The molecular formula is C18H31NO4. The molecule has 0 spiro atoms. The molecule has 5 heteroatoms. The maximum absolute atomic E-state index is 12.0. The van der Waals surface area contributed by atoms with Gasteiger partial charge in [0.25, 0.3) is 0 Å². The van der Waals surface area contributed by atoms with E-state index in [9.17, 15) is 9.90 Å². The Balaban J connectivity index is 1.21. The average Bonchev–Trinajstić information content (AvgIpc) is 3.41. The Labute approximate surface area is 139 Å². The molecule has 0 aromatic carbocycles. The van der Waals surface area contributed by atoms with Crippen LogP contribution in [0.15, 0.2) is 0 Å². The minimum Gasteiger partial charge on any atom is -0.388 e. The van der Waals surface area contributed by atoms with Gasteiger partial charge in [-0.25, -0.2) is 0 Å². The van der Waals surface area contributed by atoms with Gasteiger partial charge in [0.2, 0.25) is 5.91 Å². The highest BCUT2D eigenvalue weighted by Gasteiger charge is 2.69. The number of fused-ring (bicyclic) bond motifs is 3. The summed E-state index contributed by atoms with van der Waals surface area (Å²) >= 11 is 0. The predicted octanol–water partition coefficient (Wildman–Crippen LogP) is 2.30. The van der Waals surface area contributed by atoms with Gasteiger partial charge in [-0.2, -0.15) is 0 Å². The Morgan fingerprint density at radius 2 is 1.43 bits per heavy atom. The van der Waals surface area contributed by atoms with E-state index in [1.807, 2.05) is 0 Å². The summed E-state index contributed by atoms with van der Waals surface area (Å²) in [6.45, 7) is 2.24. The van der Waals surface area contributed by atoms with Crippen LogP contribution in [0, 0.1) is 0 Å². The molecule has 0 radical (unpaired) electrons. The SMILES string of the molecule is CCCCCCCCCCCC(=O)N[C@@H]1[C@@H](O)[C@@H]2O[C@@H]2[C@@H]2O[C@H]12. The molecule has 0 bridgehead atoms. The third-order valence-corrected chi connectivity index (χ3v) is 5.34. The number of aliphatic hydroxyl groups excluding tert-OH is 1. The maximum atomic E-state index is 12.0. The third-order valence-electron chi connectivity index (χ3n) is 5.34. The molecule has 1 amide bonds. The summed E-state index contributed by atoms with van der Waals surface area (Å²) in [4.78, 5) is 12.0. The zero-order valence-electron chi connectivity index (χ0n) is 14.2. The van der Waals surface area contributed by atoms with E-state index in [1.165, 1.54) is 44.9 Å². The lowest BCUT2D eigenvalue weighted by atomic mass is 9.92. The van der Waals surface area contributed by atoms with Crippen molar-refractivity contribution in [3.63, 3.8) is 0 Å². The minimum atomic E-state index is -0.615. The standard InChI is InChI=1S/C18H31NO4/c1-2-3-4-5-6-7-8-9-10-11-12(20)19-13-14(21)16-18(23-16)17-15(13)22-17/h13-18,21H,2-11H2,1H3,(H,19,20)/t13-,14-,15-,16+,17-,18+/m1/s1. The van der Waals surface area contributed by atoms with E-state index in [0.717, 1.165) is 12.8 Å². The van der Waals surface area contributed by atoms with Crippen LogP contribution in [0.2, 0.25) is 0 Å². The Kier molecular flexibility index (Phi) is 5.94. The molecule has 132 valence electrons. The first-order valence-corrected chi connectivity index (χ1v) is 9.50. The van der Waals surface area contributed by atoms with Crippen molar-refractivity contribution in [2.24, 2.45) is 0 Å². The first kappa shape index (κ1) is 17.2. The van der Waals surface area contributed by atoms with E-state index in [-0.39, 0.29) is 36.4 Å². The lowest BCUT2D eigenvalue weighted by Gasteiger charge is -2.23. The second-order valence-corrected chi connectivity index (χ2v) is 7.29. The molecule has 1 saturated carbocycles. The van der Waals surface area contributed by atoms with Crippen molar-refractivity contribution in [2.45, 2.75) is 108 Å². The summed E-state index contributed by atoms with van der Waals surface area (Å²) in [6, 6.07) is -0.283. The minimum absolute atomic E-state index is 0.0327. The van der Waals surface area contributed by atoms with E-state index in [2.05, 4.69) is 12.2 Å². The fourth-order valence-corrected chi connectivity index (χ4v) is 3.79. The highest BCUT2D eigenvalue weighted by atomic mass is 16.7. The third kappa shape index (κ3) is 4.46. The molecule has 0 aromatic heterocycles. The summed E-state index contributed by atoms with van der Waals surface area (Å²) in [7, 11) is 0. The molecule has 3 rings (SSSR count). The molecule has 0 aromatic rings. The van der Waals surface area contributed by atoms with Gasteiger partial charge < -0.3 is 19.9 Å². The van der Waals surface area contributed by atoms with Crippen molar-refractivity contribution in [2.75, 3.05) is 0 Å². The number of ether oxygens (including phenoxy) is 2. The van der Waals surface area contributed by atoms with Crippen molar-refractivity contribution >= 4 is 5.91 Å². The summed E-state index contributed by atoms with van der Waals surface area (Å²) in [5, 5.41) is 13.1. The molecule has 1 aliphatic carbocycles. The Morgan fingerprint density at radius 1 is 0.870 bits per heavy atom. The average molecular weight is 325 g/mol. The molecule has 5 nitrogen and oxygen atoms in total. The van der Waals surface area contributed by atoms with Crippen molar-refractivity contribution in [1.82, 2.24) is 5.32 Å². The maximum Gasteiger partial charge on any atom is 0.220 e. The fourth-order valence-electron chi connectivity index (χ4n) is 3.79. The van der Waals surface area contributed by atoms with E-state index < -0.39 is 6.10 Å². The molecule has 2 N–H and O–H groups in total. The van der Waals surface area contributed by atoms with E-state index in [1.54, 1.807) is 0 Å². The number of amides is 1. The van der Waals surface area contributed by atoms with Crippen LogP contribution >= 0.6 is 0 Å². The quantitative estimate of drug-likeness (QED) is 0.451. The van der Waals surface area contributed by atoms with E-state index >= 15 is 0 Å². The predicted molar refractivity (Wildman–Crippen MR) is 87.1 cm³/mol. The van der Waals surface area contributed by atoms with Gasteiger partial charge >= 0.3 is 0 Å². The number of unbranched alkanes of at least 4 members (excludes halogenated alkanes) is 8. The number of rotatable bonds is 11. The van der Waals surface area contributed by atoms with Gasteiger partial charge in [0.05, 0.1) is 6.04 Å². The summed E-state index contributed by atoms with van der Waals surface area (Å²) in [6.07, 6.45) is 11.2. The van der Waals surface area contributed by atoms with Crippen molar-refractivity contribution in [1.29, 1.82) is 0 Å². The largest absolute Gasteiger partial charge is 0.388 e. The van der Waals surface area contributed by atoms with Crippen molar-refractivity contribution in [3.8, 4) is 0 Å². The second kappa shape index (κ2) is 7.95. The van der Waals surface area contributed by atoms with Crippen LogP contribution in [0.25, 0.3) is 0 Å². The number of aliphatic hydroxyl groups is 1. The molecule has 6 atom stereocenters.